The minimum Gasteiger partial charge on any atom is -0.397 e. The number of hydrogen-bond acceptors (Lipinski definition) is 4. The van der Waals surface area contributed by atoms with Crippen LogP contribution >= 0.6 is 22.9 Å². The van der Waals surface area contributed by atoms with Crippen LogP contribution in [0.2, 0.25) is 5.02 Å². The summed E-state index contributed by atoms with van der Waals surface area (Å²) in [6.07, 6.45) is 0. The number of nitrogens with two attached hydrogens (primary N) is 1. The molecule has 0 atom stereocenters. The molecule has 0 aliphatic heterocycles. The molecule has 0 saturated carbocycles. The lowest BCUT2D eigenvalue weighted by Gasteiger charge is -2.10. The van der Waals surface area contributed by atoms with Crippen LogP contribution in [0.15, 0.2) is 78.9 Å². The molecule has 0 radical (unpaired) electrons. The number of nitrogen functional groups attached to an aromatic ring is 1. The van der Waals surface area contributed by atoms with E-state index in [-0.39, 0.29) is 5.91 Å². The van der Waals surface area contributed by atoms with Gasteiger partial charge >= 0.3 is 0 Å². The number of thiophene rings is 1. The van der Waals surface area contributed by atoms with Gasteiger partial charge in [-0.15, -0.1) is 11.3 Å². The summed E-state index contributed by atoms with van der Waals surface area (Å²) in [5.74, 6) is -0.276. The zero-order valence-electron chi connectivity index (χ0n) is 18.7. The van der Waals surface area contributed by atoms with Gasteiger partial charge in [0.1, 0.15) is 9.71 Å². The molecular weight excluding hydrogens is 462 g/mol. The number of nitrogens with zero attached hydrogens (tertiary/aromatic N) is 1. The molecule has 0 bridgehead atoms. The molecule has 3 aromatic carbocycles. The summed E-state index contributed by atoms with van der Waals surface area (Å²) >= 11 is 7.43. The van der Waals surface area contributed by atoms with E-state index < -0.39 is 0 Å². The van der Waals surface area contributed by atoms with Gasteiger partial charge < -0.3 is 11.1 Å². The number of halogens is 1. The first-order valence-electron chi connectivity index (χ1n) is 10.8. The Morgan fingerprint density at radius 2 is 1.68 bits per heavy atom. The molecule has 4 nitrogen and oxygen atoms in total. The predicted molar refractivity (Wildman–Crippen MR) is 144 cm³/mol. The van der Waals surface area contributed by atoms with Crippen molar-refractivity contribution in [3.05, 3.63) is 99.9 Å². The average Bonchev–Trinajstić information content (AvgIpc) is 3.18. The van der Waals surface area contributed by atoms with Crippen LogP contribution in [-0.2, 0) is 0 Å². The number of anilines is 2. The highest BCUT2D eigenvalue weighted by atomic mass is 35.5. The molecule has 0 fully saturated rings. The number of aromatic nitrogens is 1. The number of hydrogen-bond donors (Lipinski definition) is 2. The van der Waals surface area contributed by atoms with Crippen molar-refractivity contribution in [1.82, 2.24) is 4.98 Å². The number of fused-ring (bicyclic) bond motifs is 1. The predicted octanol–water partition coefficient (Wildman–Crippen LogP) is 7.74. The first-order chi connectivity index (χ1) is 16.4. The third kappa shape index (κ3) is 4.16. The number of aryl methyl sites for hydroxylation is 2. The summed E-state index contributed by atoms with van der Waals surface area (Å²) < 4.78 is 0. The highest BCUT2D eigenvalue weighted by Crippen LogP contribution is 2.41. The Bertz CT molecular complexity index is 1530. The second-order valence-corrected chi connectivity index (χ2v) is 9.66. The lowest BCUT2D eigenvalue weighted by Crippen LogP contribution is -2.12. The number of carbonyl (C=O) groups is 1. The topological polar surface area (TPSA) is 68.0 Å². The van der Waals surface area contributed by atoms with Gasteiger partial charge in [-0.05, 0) is 48.7 Å². The van der Waals surface area contributed by atoms with Crippen LogP contribution in [-0.4, -0.2) is 10.9 Å². The van der Waals surface area contributed by atoms with E-state index in [1.54, 1.807) is 12.1 Å². The van der Waals surface area contributed by atoms with Crippen LogP contribution in [0.5, 0.6) is 0 Å². The fourth-order valence-electron chi connectivity index (χ4n) is 3.92. The Hall–Kier alpha value is -3.67. The third-order valence-electron chi connectivity index (χ3n) is 5.79. The van der Waals surface area contributed by atoms with E-state index in [1.165, 1.54) is 16.9 Å². The third-order valence-corrected chi connectivity index (χ3v) is 7.12. The van der Waals surface area contributed by atoms with Gasteiger partial charge in [0.15, 0.2) is 0 Å². The molecule has 5 aromatic rings. The molecule has 0 aliphatic rings. The molecule has 2 heterocycles. The Kier molecular flexibility index (Phi) is 5.82. The van der Waals surface area contributed by atoms with Gasteiger partial charge in [0.2, 0.25) is 0 Å². The van der Waals surface area contributed by atoms with Crippen LogP contribution in [0.4, 0.5) is 11.4 Å². The number of rotatable bonds is 4. The molecule has 0 saturated heterocycles. The quantitative estimate of drug-likeness (QED) is 0.274. The maximum atomic E-state index is 13.3. The lowest BCUT2D eigenvalue weighted by atomic mass is 9.99. The Morgan fingerprint density at radius 1 is 0.941 bits per heavy atom. The average molecular weight is 484 g/mol. The molecule has 1 amide bonds. The maximum Gasteiger partial charge on any atom is 0.267 e. The van der Waals surface area contributed by atoms with Crippen molar-refractivity contribution in [3.8, 4) is 22.4 Å². The van der Waals surface area contributed by atoms with Gasteiger partial charge in [-0.2, -0.15) is 0 Å². The second-order valence-electron chi connectivity index (χ2n) is 8.23. The van der Waals surface area contributed by atoms with Gasteiger partial charge in [-0.1, -0.05) is 77.8 Å². The minimum atomic E-state index is -0.276. The first kappa shape index (κ1) is 22.1. The van der Waals surface area contributed by atoms with Crippen molar-refractivity contribution in [2.45, 2.75) is 13.8 Å². The highest BCUT2D eigenvalue weighted by Gasteiger charge is 2.22. The van der Waals surface area contributed by atoms with Gasteiger partial charge in [-0.25, -0.2) is 4.98 Å². The largest absolute Gasteiger partial charge is 0.397 e. The van der Waals surface area contributed by atoms with E-state index in [0.717, 1.165) is 38.2 Å². The molecule has 168 valence electrons. The smallest absolute Gasteiger partial charge is 0.267 e. The number of carbonyl (C=O) groups excluding carboxylic acids is 1. The summed E-state index contributed by atoms with van der Waals surface area (Å²) in [7, 11) is 0. The fraction of sp³-hybridized carbons (Fsp3) is 0.0714. The number of pyridine rings is 1. The zero-order chi connectivity index (χ0) is 23.8. The highest BCUT2D eigenvalue weighted by molar-refractivity contribution is 7.21. The van der Waals surface area contributed by atoms with Crippen molar-refractivity contribution in [1.29, 1.82) is 0 Å². The van der Waals surface area contributed by atoms with Crippen molar-refractivity contribution in [3.63, 3.8) is 0 Å². The molecule has 2 aromatic heterocycles. The van der Waals surface area contributed by atoms with E-state index in [9.17, 15) is 4.79 Å². The molecule has 0 unspecified atom stereocenters. The SMILES string of the molecule is Cc1ccc(-c2cc(-c3ccccc3)c3c(N)c(C(=O)Nc4cc(Cl)ccc4C)sc3n2)cc1. The fourth-order valence-corrected chi connectivity index (χ4v) is 5.10. The molecule has 3 N–H and O–H groups in total. The lowest BCUT2D eigenvalue weighted by molar-refractivity contribution is 0.103. The summed E-state index contributed by atoms with van der Waals surface area (Å²) in [4.78, 5) is 19.3. The molecule has 5 rings (SSSR count). The Balaban J connectivity index is 1.67. The molecule has 0 spiro atoms. The van der Waals surface area contributed by atoms with Crippen LogP contribution in [0, 0.1) is 13.8 Å². The van der Waals surface area contributed by atoms with E-state index >= 15 is 0 Å². The van der Waals surface area contributed by atoms with E-state index in [0.29, 0.717) is 21.3 Å². The van der Waals surface area contributed by atoms with Crippen LogP contribution in [0.1, 0.15) is 20.8 Å². The van der Waals surface area contributed by atoms with Crippen LogP contribution < -0.4 is 11.1 Å². The minimum absolute atomic E-state index is 0.276. The van der Waals surface area contributed by atoms with Gasteiger partial charge in [0, 0.05) is 21.7 Å². The van der Waals surface area contributed by atoms with Gasteiger partial charge in [0.25, 0.3) is 5.91 Å². The molecule has 0 aliphatic carbocycles. The summed E-state index contributed by atoms with van der Waals surface area (Å²) in [5.41, 5.74) is 13.6. The van der Waals surface area contributed by atoms with Crippen molar-refractivity contribution in [2.24, 2.45) is 0 Å². The summed E-state index contributed by atoms with van der Waals surface area (Å²) in [6.45, 7) is 3.98. The first-order valence-corrected chi connectivity index (χ1v) is 12.0. The second kappa shape index (κ2) is 8.93. The maximum absolute atomic E-state index is 13.3. The number of benzene rings is 3. The van der Waals surface area contributed by atoms with Crippen molar-refractivity contribution < 1.29 is 4.79 Å². The van der Waals surface area contributed by atoms with E-state index in [4.69, 9.17) is 22.3 Å². The number of nitrogens with one attached hydrogen (secondary N) is 1. The molecule has 6 heteroatoms. The zero-order valence-corrected chi connectivity index (χ0v) is 20.3. The van der Waals surface area contributed by atoms with Crippen molar-refractivity contribution >= 4 is 50.4 Å². The van der Waals surface area contributed by atoms with Crippen molar-refractivity contribution in [2.75, 3.05) is 11.1 Å². The summed E-state index contributed by atoms with van der Waals surface area (Å²) in [5, 5.41) is 4.31. The van der Waals surface area contributed by atoms with E-state index in [1.807, 2.05) is 49.4 Å². The standard InChI is InChI=1S/C28H22ClN3OS/c1-16-8-11-19(12-9-16)23-15-21(18-6-4-3-5-7-18)24-25(30)26(34-28(24)32-23)27(33)31-22-14-20(29)13-10-17(22)2/h3-15H,30H2,1-2H3,(H,31,33). The van der Waals surface area contributed by atoms with Gasteiger partial charge in [-0.3, -0.25) is 4.79 Å². The Morgan fingerprint density at radius 3 is 2.41 bits per heavy atom. The van der Waals surface area contributed by atoms with Crippen LogP contribution in [0.3, 0.4) is 0 Å². The normalized spacial score (nSPS) is 11.0. The van der Waals surface area contributed by atoms with Crippen LogP contribution in [0.25, 0.3) is 32.6 Å². The molecular formula is C28H22ClN3OS. The summed E-state index contributed by atoms with van der Waals surface area (Å²) in [6, 6.07) is 25.8. The monoisotopic (exact) mass is 483 g/mol. The number of amides is 1. The molecule has 34 heavy (non-hydrogen) atoms. The Labute approximate surface area is 207 Å². The van der Waals surface area contributed by atoms with Gasteiger partial charge in [0.05, 0.1) is 11.4 Å². The van der Waals surface area contributed by atoms with E-state index in [2.05, 4.69) is 36.5 Å².